The van der Waals surface area contributed by atoms with Crippen LogP contribution in [0.15, 0.2) is 0 Å². The molecular formula is C25H40O8. The third-order valence-corrected chi connectivity index (χ3v) is 10.1. The molecule has 5 rings (SSSR count). The smallest absolute Gasteiger partial charge is 0.335 e. The van der Waals surface area contributed by atoms with Gasteiger partial charge in [0.1, 0.15) is 18.3 Å². The van der Waals surface area contributed by atoms with Gasteiger partial charge < -0.3 is 35.0 Å². The van der Waals surface area contributed by atoms with Crippen molar-refractivity contribution in [2.45, 2.75) is 114 Å². The van der Waals surface area contributed by atoms with E-state index in [2.05, 4.69) is 6.92 Å². The van der Waals surface area contributed by atoms with E-state index in [0.29, 0.717) is 18.3 Å². The lowest BCUT2D eigenvalue weighted by atomic mass is 9.45. The van der Waals surface area contributed by atoms with Crippen molar-refractivity contribution in [1.29, 1.82) is 0 Å². The van der Waals surface area contributed by atoms with Gasteiger partial charge in [-0.2, -0.15) is 0 Å². The third kappa shape index (κ3) is 3.67. The van der Waals surface area contributed by atoms with E-state index in [-0.39, 0.29) is 29.8 Å². The van der Waals surface area contributed by atoms with E-state index in [4.69, 9.17) is 12.2 Å². The van der Waals surface area contributed by atoms with Crippen LogP contribution in [0, 0.1) is 34.5 Å². The topological polar surface area (TPSA) is 137 Å². The minimum atomic E-state index is -2.16. The van der Waals surface area contributed by atoms with Gasteiger partial charge in [0.15, 0.2) is 12.4 Å². The second kappa shape index (κ2) is 8.42. The summed E-state index contributed by atoms with van der Waals surface area (Å²) >= 11 is 0. The summed E-state index contributed by atoms with van der Waals surface area (Å²) in [6.45, 7) is 4.18. The van der Waals surface area contributed by atoms with Crippen molar-refractivity contribution in [3.63, 3.8) is 0 Å². The Hall–Kier alpha value is -0.770. The highest BCUT2D eigenvalue weighted by Gasteiger charge is 2.61. The molecule has 1 saturated heterocycles. The van der Waals surface area contributed by atoms with Crippen molar-refractivity contribution in [3.8, 4) is 0 Å². The molecule has 8 heteroatoms. The summed E-state index contributed by atoms with van der Waals surface area (Å²) in [6.07, 6.45) is -7.96. The number of fused-ring (bicyclic) bond motifs is 5. The summed E-state index contributed by atoms with van der Waals surface area (Å²) in [5.41, 5.74) is -0.861. The van der Waals surface area contributed by atoms with Crippen molar-refractivity contribution in [2.75, 3.05) is 0 Å². The van der Waals surface area contributed by atoms with Crippen LogP contribution in [0.4, 0.5) is 0 Å². The number of rotatable bonds is 3. The van der Waals surface area contributed by atoms with Crippen LogP contribution in [-0.2, 0) is 14.3 Å². The Labute approximate surface area is 199 Å². The lowest BCUT2D eigenvalue weighted by molar-refractivity contribution is -0.313. The summed E-state index contributed by atoms with van der Waals surface area (Å²) < 4.78 is 38.4. The molecule has 0 aromatic heterocycles. The van der Waals surface area contributed by atoms with E-state index < -0.39 is 54.5 Å². The first-order valence-corrected chi connectivity index (χ1v) is 12.4. The monoisotopic (exact) mass is 471 g/mol. The fourth-order valence-corrected chi connectivity index (χ4v) is 8.06. The highest BCUT2D eigenvalue weighted by atomic mass is 16.7. The molecule has 4 saturated carbocycles. The van der Waals surface area contributed by atoms with Crippen LogP contribution >= 0.6 is 0 Å². The molecule has 5 N–H and O–H groups in total. The van der Waals surface area contributed by atoms with Crippen LogP contribution < -0.4 is 0 Å². The summed E-state index contributed by atoms with van der Waals surface area (Å²) in [6, 6.07) is 0. The average Bonchev–Trinajstić information content (AvgIpc) is 2.96. The molecule has 0 bridgehead atoms. The zero-order chi connectivity index (χ0) is 26.4. The van der Waals surface area contributed by atoms with E-state index in [9.17, 15) is 31.7 Å². The predicted molar refractivity (Wildman–Crippen MR) is 117 cm³/mol. The molecule has 4 aliphatic carbocycles. The van der Waals surface area contributed by atoms with Gasteiger partial charge in [-0.15, -0.1) is 0 Å². The van der Waals surface area contributed by atoms with E-state index in [1.165, 1.54) is 0 Å². The Morgan fingerprint density at radius 3 is 2.39 bits per heavy atom. The van der Waals surface area contributed by atoms with E-state index in [1.807, 2.05) is 6.92 Å². The first-order valence-electron chi connectivity index (χ1n) is 13.9. The van der Waals surface area contributed by atoms with Gasteiger partial charge in [0.2, 0.25) is 0 Å². The SMILES string of the molecule is [2H]C1([2H])C[C@H]2[C@@H]3CC[C@H]4C[C@@H](O)CC[C@]4(C)[C@H]3CC[C@]2(C)[C@@]1([2H])O[C@@H]1O[C@H](C(=O)O)[C@@H](O)[C@H](O)[C@H]1O. The van der Waals surface area contributed by atoms with Gasteiger partial charge in [-0.25, -0.2) is 4.79 Å². The van der Waals surface area contributed by atoms with E-state index >= 15 is 0 Å². The molecule has 5 aliphatic rings. The summed E-state index contributed by atoms with van der Waals surface area (Å²) in [7, 11) is 0. The van der Waals surface area contributed by atoms with Crippen molar-refractivity contribution in [3.05, 3.63) is 0 Å². The van der Waals surface area contributed by atoms with Gasteiger partial charge in [0.25, 0.3) is 0 Å². The van der Waals surface area contributed by atoms with E-state index in [1.54, 1.807) is 0 Å². The van der Waals surface area contributed by atoms with Crippen LogP contribution in [0.25, 0.3) is 0 Å². The number of carboxylic acids is 1. The number of carbonyl (C=O) groups is 1. The Bertz CT molecular complexity index is 891. The number of hydrogen-bond donors (Lipinski definition) is 5. The molecule has 1 aliphatic heterocycles. The lowest BCUT2D eigenvalue weighted by Crippen LogP contribution is -2.61. The molecule has 13 atom stereocenters. The van der Waals surface area contributed by atoms with Gasteiger partial charge in [0, 0.05) is 2.74 Å². The highest BCUT2D eigenvalue weighted by molar-refractivity contribution is 5.73. The number of aliphatic hydroxyl groups excluding tert-OH is 4. The number of ether oxygens (including phenoxy) is 2. The first kappa shape index (κ1) is 20.4. The van der Waals surface area contributed by atoms with Crippen LogP contribution in [0.5, 0.6) is 0 Å². The van der Waals surface area contributed by atoms with E-state index in [0.717, 1.165) is 38.5 Å². The fraction of sp³-hybridized carbons (Fsp3) is 0.960. The molecule has 0 aromatic carbocycles. The number of aliphatic hydroxyl groups is 4. The van der Waals surface area contributed by atoms with Crippen LogP contribution in [-0.4, -0.2) is 74.4 Å². The average molecular weight is 472 g/mol. The molecule has 0 spiro atoms. The summed E-state index contributed by atoms with van der Waals surface area (Å²) in [5, 5.41) is 50.4. The molecule has 0 radical (unpaired) electrons. The first-order chi connectivity index (χ1) is 16.7. The zero-order valence-electron chi connectivity index (χ0n) is 22.4. The van der Waals surface area contributed by atoms with Crippen LogP contribution in [0.3, 0.4) is 0 Å². The largest absolute Gasteiger partial charge is 0.479 e. The molecular weight excluding hydrogens is 428 g/mol. The highest BCUT2D eigenvalue weighted by Crippen LogP contribution is 2.66. The third-order valence-electron chi connectivity index (χ3n) is 10.1. The molecule has 188 valence electrons. The predicted octanol–water partition coefficient (Wildman–Crippen LogP) is 1.67. The Morgan fingerprint density at radius 2 is 1.67 bits per heavy atom. The maximum Gasteiger partial charge on any atom is 0.335 e. The molecule has 1 heterocycles. The standard InChI is InChI=1S/C25H40O8/c1-24-9-7-13(26)11-12(24)3-4-14-15-5-6-17(25(15,2)10-8-16(14)24)32-23-20(29)18(27)19(28)21(33-23)22(30)31/h12-21,23,26-29H,3-11H2,1-2H3,(H,30,31)/t12-,13-,14-,15-,16-,17-,18-,19-,20+,21-,23+,24-,25-/m0/s1/i6D2,17D. The number of hydrogen-bond acceptors (Lipinski definition) is 7. The Balaban J connectivity index is 1.44. The minimum absolute atomic E-state index is 0.0714. The number of carboxylic acid groups (broad SMARTS) is 1. The van der Waals surface area contributed by atoms with Crippen molar-refractivity contribution in [1.82, 2.24) is 0 Å². The van der Waals surface area contributed by atoms with Crippen LogP contribution in [0.2, 0.25) is 0 Å². The Kier molecular flexibility index (Phi) is 5.21. The van der Waals surface area contributed by atoms with Crippen LogP contribution in [0.1, 0.15) is 75.7 Å². The molecule has 8 nitrogen and oxygen atoms in total. The Morgan fingerprint density at radius 1 is 0.970 bits per heavy atom. The fourth-order valence-electron chi connectivity index (χ4n) is 8.06. The van der Waals surface area contributed by atoms with Crippen molar-refractivity contribution in [2.24, 2.45) is 34.5 Å². The molecule has 5 fully saturated rings. The number of aliphatic carboxylic acids is 1. The molecule has 0 aromatic rings. The van der Waals surface area contributed by atoms with Crippen molar-refractivity contribution >= 4 is 5.97 Å². The maximum absolute atomic E-state index is 11.6. The molecule has 0 amide bonds. The zero-order valence-corrected chi connectivity index (χ0v) is 19.4. The van der Waals surface area contributed by atoms with Gasteiger partial charge >= 0.3 is 5.97 Å². The summed E-state index contributed by atoms with van der Waals surface area (Å²) in [4.78, 5) is 11.6. The van der Waals surface area contributed by atoms with Gasteiger partial charge in [-0.05, 0) is 92.2 Å². The second-order valence-electron chi connectivity index (χ2n) is 11.6. The van der Waals surface area contributed by atoms with Gasteiger partial charge in [-0.3, -0.25) is 0 Å². The van der Waals surface area contributed by atoms with Gasteiger partial charge in [0.05, 0.1) is 13.6 Å². The summed E-state index contributed by atoms with van der Waals surface area (Å²) in [5.74, 6) is -0.705. The second-order valence-corrected chi connectivity index (χ2v) is 11.6. The molecule has 0 unspecified atom stereocenters. The maximum atomic E-state index is 11.6. The van der Waals surface area contributed by atoms with Crippen molar-refractivity contribution < 1.29 is 43.9 Å². The molecule has 33 heavy (non-hydrogen) atoms. The normalized spacial score (nSPS) is 61.6. The minimum Gasteiger partial charge on any atom is -0.479 e. The lowest BCUT2D eigenvalue weighted by Gasteiger charge is -2.61. The van der Waals surface area contributed by atoms with Gasteiger partial charge in [-0.1, -0.05) is 13.8 Å². The quantitative estimate of drug-likeness (QED) is 0.419.